The molecule has 1 aromatic heterocycles. The van der Waals surface area contributed by atoms with Crippen LogP contribution in [0.15, 0.2) is 6.20 Å². The number of hydrogen-bond donors (Lipinski definition) is 1. The van der Waals surface area contributed by atoms with Crippen LogP contribution in [-0.4, -0.2) is 21.4 Å². The first-order chi connectivity index (χ1) is 7.31. The maximum atomic E-state index is 10.6. The first-order valence-electron chi connectivity index (χ1n) is 5.32. The van der Waals surface area contributed by atoms with Crippen molar-refractivity contribution >= 4 is 6.29 Å². The van der Waals surface area contributed by atoms with Crippen molar-refractivity contribution < 1.29 is 9.90 Å². The topological polar surface area (TPSA) is 63.1 Å². The van der Waals surface area contributed by atoms with Crippen molar-refractivity contribution in [1.29, 1.82) is 0 Å². The molecule has 1 aliphatic carbocycles. The van der Waals surface area contributed by atoms with Gasteiger partial charge < -0.3 is 5.11 Å². The van der Waals surface area contributed by atoms with E-state index in [9.17, 15) is 9.90 Å². The van der Waals surface area contributed by atoms with Crippen molar-refractivity contribution in [2.45, 2.75) is 38.0 Å². The number of nitrogens with zero attached hydrogens (tertiary/aromatic N) is 2. The minimum atomic E-state index is -0.135. The highest BCUT2D eigenvalue weighted by Crippen LogP contribution is 2.31. The van der Waals surface area contributed by atoms with Gasteiger partial charge in [-0.3, -0.25) is 4.79 Å². The maximum Gasteiger partial charge on any atom is 0.172 e. The van der Waals surface area contributed by atoms with Crippen LogP contribution in [-0.2, 0) is 0 Å². The largest absolute Gasteiger partial charge is 0.504 e. The van der Waals surface area contributed by atoms with Crippen LogP contribution < -0.4 is 0 Å². The molecule has 0 aliphatic heterocycles. The Labute approximate surface area is 88.4 Å². The number of aldehydes is 1. The minimum Gasteiger partial charge on any atom is -0.504 e. The summed E-state index contributed by atoms with van der Waals surface area (Å²) >= 11 is 0. The molecule has 1 aliphatic rings. The number of hydrogen-bond acceptors (Lipinski definition) is 4. The fourth-order valence-corrected chi connectivity index (χ4v) is 2.05. The van der Waals surface area contributed by atoms with Gasteiger partial charge >= 0.3 is 0 Å². The van der Waals surface area contributed by atoms with Gasteiger partial charge in [0, 0.05) is 5.92 Å². The zero-order valence-electron chi connectivity index (χ0n) is 8.52. The van der Waals surface area contributed by atoms with E-state index in [4.69, 9.17) is 0 Å². The Hall–Kier alpha value is -1.45. The number of aromatic nitrogens is 2. The van der Waals surface area contributed by atoms with Crippen molar-refractivity contribution in [2.75, 3.05) is 0 Å². The molecule has 80 valence electrons. The smallest absolute Gasteiger partial charge is 0.172 e. The van der Waals surface area contributed by atoms with Gasteiger partial charge in [-0.05, 0) is 12.8 Å². The van der Waals surface area contributed by atoms with Gasteiger partial charge in [0.15, 0.2) is 12.0 Å². The van der Waals surface area contributed by atoms with Gasteiger partial charge in [-0.2, -0.15) is 0 Å². The third-order valence-electron chi connectivity index (χ3n) is 2.90. The zero-order chi connectivity index (χ0) is 10.7. The van der Waals surface area contributed by atoms with E-state index in [1.54, 1.807) is 0 Å². The van der Waals surface area contributed by atoms with Crippen molar-refractivity contribution in [3.05, 3.63) is 17.7 Å². The van der Waals surface area contributed by atoms with E-state index in [0.29, 0.717) is 18.0 Å². The summed E-state index contributed by atoms with van der Waals surface area (Å²) < 4.78 is 0. The lowest BCUT2D eigenvalue weighted by Gasteiger charge is -2.20. The van der Waals surface area contributed by atoms with Crippen molar-refractivity contribution in [2.24, 2.45) is 0 Å². The molecule has 0 saturated heterocycles. The molecule has 0 atom stereocenters. The maximum absolute atomic E-state index is 10.6. The van der Waals surface area contributed by atoms with Gasteiger partial charge in [0.05, 0.1) is 6.20 Å². The van der Waals surface area contributed by atoms with Crippen LogP contribution in [0, 0.1) is 0 Å². The van der Waals surface area contributed by atoms with Gasteiger partial charge in [-0.15, -0.1) is 0 Å². The molecular formula is C11H14N2O2. The van der Waals surface area contributed by atoms with E-state index in [1.807, 2.05) is 0 Å². The summed E-state index contributed by atoms with van der Waals surface area (Å²) in [6, 6.07) is 0. The molecule has 1 aromatic rings. The molecule has 0 spiro atoms. The Morgan fingerprint density at radius 3 is 2.73 bits per heavy atom. The Balaban J connectivity index is 2.23. The Morgan fingerprint density at radius 2 is 2.07 bits per heavy atom. The van der Waals surface area contributed by atoms with Crippen LogP contribution in [0.1, 0.15) is 54.3 Å². The van der Waals surface area contributed by atoms with Gasteiger partial charge in [-0.1, -0.05) is 19.3 Å². The van der Waals surface area contributed by atoms with Crippen molar-refractivity contribution in [3.8, 4) is 5.75 Å². The highest BCUT2D eigenvalue weighted by atomic mass is 16.3. The number of carbonyl (C=O) groups is 1. The molecule has 4 heteroatoms. The first-order valence-corrected chi connectivity index (χ1v) is 5.32. The Morgan fingerprint density at radius 1 is 1.33 bits per heavy atom. The van der Waals surface area contributed by atoms with E-state index in [2.05, 4.69) is 9.97 Å². The Bertz CT molecular complexity index is 360. The Kier molecular flexibility index (Phi) is 2.94. The van der Waals surface area contributed by atoms with Crippen molar-refractivity contribution in [1.82, 2.24) is 9.97 Å². The molecule has 1 saturated carbocycles. The monoisotopic (exact) mass is 206 g/mol. The summed E-state index contributed by atoms with van der Waals surface area (Å²) in [6.07, 6.45) is 7.74. The molecule has 0 amide bonds. The van der Waals surface area contributed by atoms with Crippen LogP contribution in [0.25, 0.3) is 0 Å². The van der Waals surface area contributed by atoms with Gasteiger partial charge in [0.25, 0.3) is 0 Å². The average molecular weight is 206 g/mol. The molecular weight excluding hydrogens is 192 g/mol. The molecule has 1 N–H and O–H groups in total. The quantitative estimate of drug-likeness (QED) is 0.752. The van der Waals surface area contributed by atoms with Crippen LogP contribution in [0.5, 0.6) is 5.75 Å². The summed E-state index contributed by atoms with van der Waals surface area (Å²) in [4.78, 5) is 18.8. The van der Waals surface area contributed by atoms with Crippen LogP contribution in [0.2, 0.25) is 0 Å². The highest BCUT2D eigenvalue weighted by Gasteiger charge is 2.19. The lowest BCUT2D eigenvalue weighted by molar-refractivity contribution is 0.111. The van der Waals surface area contributed by atoms with E-state index in [-0.39, 0.29) is 11.4 Å². The number of aromatic hydroxyl groups is 1. The summed E-state index contributed by atoms with van der Waals surface area (Å²) in [5, 5.41) is 9.28. The predicted octanol–water partition coefficient (Wildman–Crippen LogP) is 2.04. The average Bonchev–Trinajstić information content (AvgIpc) is 2.31. The fourth-order valence-electron chi connectivity index (χ4n) is 2.05. The predicted molar refractivity (Wildman–Crippen MR) is 54.9 cm³/mol. The molecule has 0 radical (unpaired) electrons. The standard InChI is InChI=1S/C11H14N2O2/c14-7-9-10(15)6-12-11(13-9)8-4-2-1-3-5-8/h6-8,15H,1-5H2. The summed E-state index contributed by atoms with van der Waals surface area (Å²) in [5.74, 6) is 0.928. The molecule has 1 fully saturated rings. The van der Waals surface area contributed by atoms with Gasteiger partial charge in [0.2, 0.25) is 0 Å². The molecule has 0 aromatic carbocycles. The summed E-state index contributed by atoms with van der Waals surface area (Å²) in [6.45, 7) is 0. The lowest BCUT2D eigenvalue weighted by atomic mass is 9.88. The van der Waals surface area contributed by atoms with E-state index in [1.165, 1.54) is 25.5 Å². The third-order valence-corrected chi connectivity index (χ3v) is 2.90. The second kappa shape index (κ2) is 4.38. The van der Waals surface area contributed by atoms with Crippen LogP contribution >= 0.6 is 0 Å². The molecule has 4 nitrogen and oxygen atoms in total. The summed E-state index contributed by atoms with van der Waals surface area (Å²) in [5.41, 5.74) is 0.102. The fraction of sp³-hybridized carbons (Fsp3) is 0.545. The second-order valence-electron chi connectivity index (χ2n) is 3.95. The molecule has 1 heterocycles. The molecule has 2 rings (SSSR count). The first kappa shape index (κ1) is 10.1. The van der Waals surface area contributed by atoms with Gasteiger partial charge in [-0.25, -0.2) is 9.97 Å². The summed E-state index contributed by atoms with van der Waals surface area (Å²) in [7, 11) is 0. The molecule has 15 heavy (non-hydrogen) atoms. The van der Waals surface area contributed by atoms with Crippen LogP contribution in [0.4, 0.5) is 0 Å². The number of rotatable bonds is 2. The lowest BCUT2D eigenvalue weighted by Crippen LogP contribution is -2.09. The third kappa shape index (κ3) is 2.14. The van der Waals surface area contributed by atoms with E-state index < -0.39 is 0 Å². The van der Waals surface area contributed by atoms with E-state index in [0.717, 1.165) is 12.8 Å². The number of carbonyl (C=O) groups excluding carboxylic acids is 1. The zero-order valence-corrected chi connectivity index (χ0v) is 8.52. The second-order valence-corrected chi connectivity index (χ2v) is 3.95. The van der Waals surface area contributed by atoms with E-state index >= 15 is 0 Å². The molecule has 0 unspecified atom stereocenters. The van der Waals surface area contributed by atoms with Crippen LogP contribution in [0.3, 0.4) is 0 Å². The highest BCUT2D eigenvalue weighted by molar-refractivity contribution is 5.75. The normalized spacial score (nSPS) is 17.6. The van der Waals surface area contributed by atoms with Gasteiger partial charge in [0.1, 0.15) is 11.5 Å². The molecule has 0 bridgehead atoms. The minimum absolute atomic E-state index is 0.102. The van der Waals surface area contributed by atoms with Crippen molar-refractivity contribution in [3.63, 3.8) is 0 Å². The SMILES string of the molecule is O=Cc1nc(C2CCCCC2)ncc1O.